The van der Waals surface area contributed by atoms with Crippen molar-refractivity contribution in [2.45, 2.75) is 13.0 Å². The highest BCUT2D eigenvalue weighted by Gasteiger charge is 2.18. The molecule has 1 aromatic carbocycles. The number of benzene rings is 1. The minimum absolute atomic E-state index is 0.226. The molecule has 0 radical (unpaired) electrons. The molecule has 6 nitrogen and oxygen atoms in total. The van der Waals surface area contributed by atoms with E-state index in [1.807, 2.05) is 23.5 Å². The molecule has 144 valence electrons. The predicted molar refractivity (Wildman–Crippen MR) is 111 cm³/mol. The molecule has 0 aliphatic carbocycles. The number of nitrogens with zero attached hydrogens (tertiary/aromatic N) is 2. The molecule has 0 saturated carbocycles. The second-order valence-electron chi connectivity index (χ2n) is 6.47. The number of rotatable bonds is 5. The van der Waals surface area contributed by atoms with Crippen molar-refractivity contribution in [3.05, 3.63) is 64.0 Å². The van der Waals surface area contributed by atoms with E-state index in [1.54, 1.807) is 38.6 Å². The first-order valence-corrected chi connectivity index (χ1v) is 9.85. The molecule has 4 rings (SSSR count). The second-order valence-corrected chi connectivity index (χ2v) is 7.47. The fraction of sp³-hybridized carbons (Fsp3) is 0.238. The molecule has 28 heavy (non-hydrogen) atoms. The van der Waals surface area contributed by atoms with E-state index in [0.717, 1.165) is 25.3 Å². The Morgan fingerprint density at radius 2 is 2.00 bits per heavy atom. The molecule has 0 spiro atoms. The van der Waals surface area contributed by atoms with Gasteiger partial charge < -0.3 is 19.7 Å². The maximum absolute atomic E-state index is 12.5. The number of fused-ring (bicyclic) bond motifs is 1. The summed E-state index contributed by atoms with van der Waals surface area (Å²) in [6, 6.07) is 11.1. The van der Waals surface area contributed by atoms with Gasteiger partial charge in [0.1, 0.15) is 5.82 Å². The van der Waals surface area contributed by atoms with E-state index >= 15 is 0 Å². The predicted octanol–water partition coefficient (Wildman–Crippen LogP) is 3.98. The summed E-state index contributed by atoms with van der Waals surface area (Å²) in [6.07, 6.45) is 2.74. The molecule has 2 aromatic heterocycles. The molecule has 1 aliphatic heterocycles. The van der Waals surface area contributed by atoms with Crippen molar-refractivity contribution in [1.29, 1.82) is 0 Å². The summed E-state index contributed by atoms with van der Waals surface area (Å²) in [4.78, 5) is 20.8. The van der Waals surface area contributed by atoms with Crippen LogP contribution in [0.5, 0.6) is 11.5 Å². The molecule has 0 unspecified atom stereocenters. The molecular formula is C21H21N3O3S. The third-order valence-corrected chi connectivity index (χ3v) is 5.81. The first-order chi connectivity index (χ1) is 13.7. The fourth-order valence-corrected chi connectivity index (χ4v) is 4.16. The molecular weight excluding hydrogens is 374 g/mol. The Hall–Kier alpha value is -3.06. The number of hydrogen-bond acceptors (Lipinski definition) is 6. The van der Waals surface area contributed by atoms with Crippen LogP contribution in [0.4, 0.5) is 11.5 Å². The molecule has 0 bridgehead atoms. The largest absolute Gasteiger partial charge is 0.493 e. The summed E-state index contributed by atoms with van der Waals surface area (Å²) in [6.45, 7) is 1.83. The summed E-state index contributed by atoms with van der Waals surface area (Å²) < 4.78 is 10.5. The summed E-state index contributed by atoms with van der Waals surface area (Å²) in [5.41, 5.74) is 2.52. The molecule has 0 fully saturated rings. The summed E-state index contributed by atoms with van der Waals surface area (Å²) in [7, 11) is 3.11. The lowest BCUT2D eigenvalue weighted by Crippen LogP contribution is -2.30. The number of carbonyl (C=O) groups is 1. The Morgan fingerprint density at radius 3 is 2.75 bits per heavy atom. The lowest BCUT2D eigenvalue weighted by atomic mass is 10.1. The molecule has 7 heteroatoms. The minimum Gasteiger partial charge on any atom is -0.493 e. The van der Waals surface area contributed by atoms with Gasteiger partial charge in [0.2, 0.25) is 0 Å². The monoisotopic (exact) mass is 395 g/mol. The Bertz CT molecular complexity index is 985. The third-order valence-electron chi connectivity index (χ3n) is 4.78. The highest BCUT2D eigenvalue weighted by atomic mass is 32.1. The van der Waals surface area contributed by atoms with Crippen LogP contribution in [0, 0.1) is 0 Å². The molecule has 0 atom stereocenters. The van der Waals surface area contributed by atoms with Gasteiger partial charge in [0.25, 0.3) is 5.91 Å². The number of hydrogen-bond donors (Lipinski definition) is 1. The fourth-order valence-electron chi connectivity index (χ4n) is 3.27. The number of aromatic nitrogens is 1. The number of thiophene rings is 1. The maximum Gasteiger partial charge on any atom is 0.255 e. The average Bonchev–Trinajstić information content (AvgIpc) is 3.21. The normalized spacial score (nSPS) is 13.0. The average molecular weight is 395 g/mol. The first-order valence-electron chi connectivity index (χ1n) is 8.97. The number of methoxy groups -OCH3 is 2. The van der Waals surface area contributed by atoms with Gasteiger partial charge in [-0.05, 0) is 53.8 Å². The van der Waals surface area contributed by atoms with Gasteiger partial charge in [-0.3, -0.25) is 4.79 Å². The van der Waals surface area contributed by atoms with Crippen molar-refractivity contribution in [2.75, 3.05) is 31.0 Å². The van der Waals surface area contributed by atoms with Crippen molar-refractivity contribution in [3.63, 3.8) is 0 Å². The SMILES string of the molecule is COc1ccc(C(=O)Nc2ccc(N3CCc4sccc4C3)nc2)cc1OC. The summed E-state index contributed by atoms with van der Waals surface area (Å²) in [5.74, 6) is 1.79. The van der Waals surface area contributed by atoms with E-state index in [4.69, 9.17) is 9.47 Å². The van der Waals surface area contributed by atoms with Crippen molar-refractivity contribution >= 4 is 28.7 Å². The molecule has 1 aliphatic rings. The van der Waals surface area contributed by atoms with E-state index in [1.165, 1.54) is 10.4 Å². The first kappa shape index (κ1) is 18.3. The van der Waals surface area contributed by atoms with Gasteiger partial charge in [0, 0.05) is 23.5 Å². The second kappa shape index (κ2) is 7.90. The van der Waals surface area contributed by atoms with Crippen LogP contribution < -0.4 is 19.7 Å². The number of ether oxygens (including phenoxy) is 2. The third kappa shape index (κ3) is 3.66. The summed E-state index contributed by atoms with van der Waals surface area (Å²) >= 11 is 1.82. The van der Waals surface area contributed by atoms with Crippen LogP contribution in [0.15, 0.2) is 48.0 Å². The quantitative estimate of drug-likeness (QED) is 0.708. The Labute approximate surface area is 167 Å². The number of nitrogens with one attached hydrogen (secondary N) is 1. The lowest BCUT2D eigenvalue weighted by Gasteiger charge is -2.28. The van der Waals surface area contributed by atoms with E-state index in [0.29, 0.717) is 22.7 Å². The van der Waals surface area contributed by atoms with Gasteiger partial charge in [-0.2, -0.15) is 0 Å². The van der Waals surface area contributed by atoms with Gasteiger partial charge in [-0.15, -0.1) is 11.3 Å². The highest BCUT2D eigenvalue weighted by molar-refractivity contribution is 7.10. The Kier molecular flexibility index (Phi) is 5.16. The van der Waals surface area contributed by atoms with Crippen molar-refractivity contribution in [2.24, 2.45) is 0 Å². The van der Waals surface area contributed by atoms with Gasteiger partial charge in [-0.1, -0.05) is 0 Å². The van der Waals surface area contributed by atoms with Crippen LogP contribution in [0.25, 0.3) is 0 Å². The topological polar surface area (TPSA) is 63.7 Å². The van der Waals surface area contributed by atoms with Gasteiger partial charge in [0.05, 0.1) is 26.1 Å². The number of carbonyl (C=O) groups excluding carboxylic acids is 1. The van der Waals surface area contributed by atoms with E-state index < -0.39 is 0 Å². The van der Waals surface area contributed by atoms with E-state index in [9.17, 15) is 4.79 Å². The standard InChI is InChI=1S/C21H21N3O3S/c1-26-17-5-3-14(11-18(17)27-2)21(25)23-16-4-6-20(22-12-16)24-9-7-19-15(13-24)8-10-28-19/h3-6,8,10-12H,7,9,13H2,1-2H3,(H,23,25). The van der Waals surface area contributed by atoms with Gasteiger partial charge >= 0.3 is 0 Å². The Balaban J connectivity index is 1.44. The zero-order chi connectivity index (χ0) is 19.5. The van der Waals surface area contributed by atoms with Gasteiger partial charge in [-0.25, -0.2) is 4.98 Å². The van der Waals surface area contributed by atoms with E-state index in [-0.39, 0.29) is 5.91 Å². The Morgan fingerprint density at radius 1 is 1.14 bits per heavy atom. The number of pyridine rings is 1. The lowest BCUT2D eigenvalue weighted by molar-refractivity contribution is 0.102. The van der Waals surface area contributed by atoms with Crippen LogP contribution in [-0.4, -0.2) is 31.7 Å². The molecule has 1 amide bonds. The zero-order valence-electron chi connectivity index (χ0n) is 15.8. The van der Waals surface area contributed by atoms with Crippen molar-refractivity contribution in [3.8, 4) is 11.5 Å². The van der Waals surface area contributed by atoms with Crippen LogP contribution >= 0.6 is 11.3 Å². The summed E-state index contributed by atoms with van der Waals surface area (Å²) in [5, 5.41) is 5.02. The molecule has 3 aromatic rings. The van der Waals surface area contributed by atoms with Crippen molar-refractivity contribution < 1.29 is 14.3 Å². The van der Waals surface area contributed by atoms with Crippen LogP contribution in [-0.2, 0) is 13.0 Å². The molecule has 1 N–H and O–H groups in total. The minimum atomic E-state index is -0.226. The number of amides is 1. The van der Waals surface area contributed by atoms with Crippen molar-refractivity contribution in [1.82, 2.24) is 4.98 Å². The number of anilines is 2. The van der Waals surface area contributed by atoms with Crippen LogP contribution in [0.2, 0.25) is 0 Å². The van der Waals surface area contributed by atoms with Crippen LogP contribution in [0.1, 0.15) is 20.8 Å². The smallest absolute Gasteiger partial charge is 0.255 e. The van der Waals surface area contributed by atoms with E-state index in [2.05, 4.69) is 26.6 Å². The maximum atomic E-state index is 12.5. The zero-order valence-corrected chi connectivity index (χ0v) is 16.6. The molecule has 0 saturated heterocycles. The van der Waals surface area contributed by atoms with Crippen LogP contribution in [0.3, 0.4) is 0 Å². The highest BCUT2D eigenvalue weighted by Crippen LogP contribution is 2.29. The van der Waals surface area contributed by atoms with Gasteiger partial charge in [0.15, 0.2) is 11.5 Å². The molecule has 3 heterocycles.